The SMILES string of the molecule is CC1CN(S(=O)(=O)N2CCOCC2)CC(C)N1. The van der Waals surface area contributed by atoms with Gasteiger partial charge in [-0.25, -0.2) is 0 Å². The summed E-state index contributed by atoms with van der Waals surface area (Å²) >= 11 is 0. The molecule has 17 heavy (non-hydrogen) atoms. The van der Waals surface area contributed by atoms with Crippen LogP contribution in [0.1, 0.15) is 13.8 Å². The Bertz CT molecular complexity index is 344. The zero-order chi connectivity index (χ0) is 12.5. The fourth-order valence-electron chi connectivity index (χ4n) is 2.41. The van der Waals surface area contributed by atoms with Crippen molar-refractivity contribution in [1.82, 2.24) is 13.9 Å². The molecule has 2 saturated heterocycles. The maximum absolute atomic E-state index is 12.4. The molecule has 2 fully saturated rings. The second kappa shape index (κ2) is 5.19. The van der Waals surface area contributed by atoms with Gasteiger partial charge in [0.2, 0.25) is 0 Å². The van der Waals surface area contributed by atoms with Crippen LogP contribution in [0.2, 0.25) is 0 Å². The van der Waals surface area contributed by atoms with Gasteiger partial charge in [-0.05, 0) is 13.8 Å². The van der Waals surface area contributed by atoms with Crippen LogP contribution in [0.15, 0.2) is 0 Å². The molecule has 100 valence electrons. The summed E-state index contributed by atoms with van der Waals surface area (Å²) in [5.74, 6) is 0. The lowest BCUT2D eigenvalue weighted by molar-refractivity contribution is 0.0691. The standard InChI is InChI=1S/C10H21N3O3S/c1-9-7-13(8-10(2)11-9)17(14,15)12-3-5-16-6-4-12/h9-11H,3-8H2,1-2H3. The van der Waals surface area contributed by atoms with E-state index in [-0.39, 0.29) is 12.1 Å². The third-order valence-corrected chi connectivity index (χ3v) is 5.12. The van der Waals surface area contributed by atoms with Crippen LogP contribution in [0, 0.1) is 0 Å². The largest absolute Gasteiger partial charge is 0.379 e. The highest BCUT2D eigenvalue weighted by Crippen LogP contribution is 2.15. The third-order valence-electron chi connectivity index (χ3n) is 3.15. The van der Waals surface area contributed by atoms with Crippen molar-refractivity contribution in [2.24, 2.45) is 0 Å². The number of morpholine rings is 1. The first kappa shape index (κ1) is 13.2. The molecule has 7 heteroatoms. The molecule has 2 rings (SSSR count). The van der Waals surface area contributed by atoms with E-state index in [0.29, 0.717) is 39.4 Å². The Morgan fingerprint density at radius 1 is 1.06 bits per heavy atom. The molecule has 0 aromatic carbocycles. The maximum Gasteiger partial charge on any atom is 0.282 e. The number of hydrogen-bond acceptors (Lipinski definition) is 4. The van der Waals surface area contributed by atoms with E-state index in [4.69, 9.17) is 4.74 Å². The van der Waals surface area contributed by atoms with Gasteiger partial charge in [-0.1, -0.05) is 0 Å². The van der Waals surface area contributed by atoms with Gasteiger partial charge in [-0.15, -0.1) is 0 Å². The van der Waals surface area contributed by atoms with Crippen LogP contribution in [-0.2, 0) is 14.9 Å². The number of ether oxygens (including phenoxy) is 1. The van der Waals surface area contributed by atoms with Gasteiger partial charge in [0.15, 0.2) is 0 Å². The molecular weight excluding hydrogens is 242 g/mol. The fraction of sp³-hybridized carbons (Fsp3) is 1.00. The lowest BCUT2D eigenvalue weighted by Gasteiger charge is -2.38. The summed E-state index contributed by atoms with van der Waals surface area (Å²) in [5.41, 5.74) is 0. The average Bonchev–Trinajstić information content (AvgIpc) is 2.29. The van der Waals surface area contributed by atoms with Gasteiger partial charge in [-0.2, -0.15) is 17.0 Å². The highest BCUT2D eigenvalue weighted by Gasteiger charge is 2.35. The Kier molecular flexibility index (Phi) is 4.04. The van der Waals surface area contributed by atoms with Crippen molar-refractivity contribution >= 4 is 10.2 Å². The Labute approximate surface area is 103 Å². The van der Waals surface area contributed by atoms with E-state index in [2.05, 4.69) is 5.32 Å². The molecule has 2 atom stereocenters. The number of piperazine rings is 1. The third kappa shape index (κ3) is 2.97. The normalized spacial score (nSPS) is 33.8. The number of rotatable bonds is 2. The first-order chi connectivity index (χ1) is 8.00. The van der Waals surface area contributed by atoms with E-state index in [1.807, 2.05) is 13.8 Å². The summed E-state index contributed by atoms with van der Waals surface area (Å²) in [7, 11) is -3.30. The summed E-state index contributed by atoms with van der Waals surface area (Å²) in [6.45, 7) is 7.04. The first-order valence-electron chi connectivity index (χ1n) is 6.09. The highest BCUT2D eigenvalue weighted by molar-refractivity contribution is 7.86. The van der Waals surface area contributed by atoms with Crippen LogP contribution in [0.5, 0.6) is 0 Å². The zero-order valence-corrected chi connectivity index (χ0v) is 11.2. The maximum atomic E-state index is 12.4. The van der Waals surface area contributed by atoms with Crippen molar-refractivity contribution in [2.75, 3.05) is 39.4 Å². The molecule has 0 amide bonds. The van der Waals surface area contributed by atoms with Crippen LogP contribution in [0.25, 0.3) is 0 Å². The van der Waals surface area contributed by atoms with Gasteiger partial charge in [-0.3, -0.25) is 0 Å². The van der Waals surface area contributed by atoms with Gasteiger partial charge in [0.05, 0.1) is 13.2 Å². The number of hydrogen-bond donors (Lipinski definition) is 1. The van der Waals surface area contributed by atoms with Gasteiger partial charge in [0, 0.05) is 38.3 Å². The molecule has 2 aliphatic heterocycles. The van der Waals surface area contributed by atoms with Crippen LogP contribution in [0.3, 0.4) is 0 Å². The van der Waals surface area contributed by atoms with Crippen molar-refractivity contribution in [1.29, 1.82) is 0 Å². The second-order valence-electron chi connectivity index (χ2n) is 4.80. The van der Waals surface area contributed by atoms with E-state index in [9.17, 15) is 8.42 Å². The van der Waals surface area contributed by atoms with Crippen molar-refractivity contribution in [3.05, 3.63) is 0 Å². The molecule has 0 saturated carbocycles. The van der Waals surface area contributed by atoms with Crippen LogP contribution < -0.4 is 5.32 Å². The van der Waals surface area contributed by atoms with Crippen molar-refractivity contribution in [3.8, 4) is 0 Å². The molecule has 2 aliphatic rings. The smallest absolute Gasteiger partial charge is 0.282 e. The highest BCUT2D eigenvalue weighted by atomic mass is 32.2. The molecule has 0 radical (unpaired) electrons. The summed E-state index contributed by atoms with van der Waals surface area (Å²) in [5, 5.41) is 3.33. The molecule has 2 unspecified atom stereocenters. The van der Waals surface area contributed by atoms with Crippen molar-refractivity contribution < 1.29 is 13.2 Å². The molecule has 1 N–H and O–H groups in total. The van der Waals surface area contributed by atoms with E-state index in [0.717, 1.165) is 0 Å². The van der Waals surface area contributed by atoms with Crippen LogP contribution >= 0.6 is 0 Å². The number of nitrogens with zero attached hydrogens (tertiary/aromatic N) is 2. The molecule has 0 aromatic heterocycles. The quantitative estimate of drug-likeness (QED) is 0.712. The Hall–Kier alpha value is -0.210. The zero-order valence-electron chi connectivity index (χ0n) is 10.4. The minimum Gasteiger partial charge on any atom is -0.379 e. The monoisotopic (exact) mass is 263 g/mol. The first-order valence-corrected chi connectivity index (χ1v) is 7.49. The minimum atomic E-state index is -3.30. The summed E-state index contributed by atoms with van der Waals surface area (Å²) in [6.07, 6.45) is 0. The van der Waals surface area contributed by atoms with E-state index in [1.54, 1.807) is 4.31 Å². The van der Waals surface area contributed by atoms with Crippen LogP contribution in [-0.4, -0.2) is 68.5 Å². The molecule has 0 bridgehead atoms. The molecule has 2 heterocycles. The van der Waals surface area contributed by atoms with Gasteiger partial charge >= 0.3 is 0 Å². The lowest BCUT2D eigenvalue weighted by atomic mass is 10.2. The minimum absolute atomic E-state index is 0.203. The average molecular weight is 263 g/mol. The topological polar surface area (TPSA) is 61.9 Å². The van der Waals surface area contributed by atoms with E-state index in [1.165, 1.54) is 4.31 Å². The predicted molar refractivity (Wildman–Crippen MR) is 64.9 cm³/mol. The Morgan fingerprint density at radius 2 is 1.59 bits per heavy atom. The second-order valence-corrected chi connectivity index (χ2v) is 6.73. The Morgan fingerprint density at radius 3 is 2.12 bits per heavy atom. The molecule has 6 nitrogen and oxygen atoms in total. The van der Waals surface area contributed by atoms with Crippen LogP contribution in [0.4, 0.5) is 0 Å². The summed E-state index contributed by atoms with van der Waals surface area (Å²) < 4.78 is 33.1. The fourth-order valence-corrected chi connectivity index (χ4v) is 4.17. The molecule has 0 aliphatic carbocycles. The van der Waals surface area contributed by atoms with E-state index >= 15 is 0 Å². The molecular formula is C10H21N3O3S. The van der Waals surface area contributed by atoms with Gasteiger partial charge < -0.3 is 10.1 Å². The Balaban J connectivity index is 2.08. The van der Waals surface area contributed by atoms with Gasteiger partial charge in [0.25, 0.3) is 10.2 Å². The summed E-state index contributed by atoms with van der Waals surface area (Å²) in [4.78, 5) is 0. The predicted octanol–water partition coefficient (Wildman–Crippen LogP) is -0.754. The molecule has 0 aromatic rings. The van der Waals surface area contributed by atoms with Gasteiger partial charge in [0.1, 0.15) is 0 Å². The number of nitrogens with one attached hydrogen (secondary N) is 1. The lowest BCUT2D eigenvalue weighted by Crippen LogP contribution is -2.59. The van der Waals surface area contributed by atoms with Crippen molar-refractivity contribution in [2.45, 2.75) is 25.9 Å². The van der Waals surface area contributed by atoms with Crippen molar-refractivity contribution in [3.63, 3.8) is 0 Å². The molecule has 0 spiro atoms. The van der Waals surface area contributed by atoms with E-state index < -0.39 is 10.2 Å². The summed E-state index contributed by atoms with van der Waals surface area (Å²) in [6, 6.07) is 0.407.